The lowest BCUT2D eigenvalue weighted by atomic mass is 10.1. The zero-order valence-electron chi connectivity index (χ0n) is 14.8. The predicted molar refractivity (Wildman–Crippen MR) is 110 cm³/mol. The van der Waals surface area contributed by atoms with Gasteiger partial charge in [-0.25, -0.2) is 4.99 Å². The number of benzene rings is 1. The highest BCUT2D eigenvalue weighted by Gasteiger charge is 2.28. The molecule has 1 aromatic carbocycles. The van der Waals surface area contributed by atoms with Crippen LogP contribution in [-0.4, -0.2) is 31.2 Å². The summed E-state index contributed by atoms with van der Waals surface area (Å²) in [5.41, 5.74) is 1.05. The van der Waals surface area contributed by atoms with Crippen LogP contribution in [0.1, 0.15) is 57.6 Å². The Bertz CT molecular complexity index is 642. The lowest BCUT2D eigenvalue weighted by molar-refractivity contribution is 0.381. The van der Waals surface area contributed by atoms with Crippen LogP contribution in [0.2, 0.25) is 0 Å². The van der Waals surface area contributed by atoms with Gasteiger partial charge in [0.25, 0.3) is 0 Å². The van der Waals surface area contributed by atoms with Crippen LogP contribution in [-0.2, 0) is 0 Å². The molecule has 0 aliphatic carbocycles. The van der Waals surface area contributed by atoms with Crippen molar-refractivity contribution < 1.29 is 10.2 Å². The van der Waals surface area contributed by atoms with Crippen molar-refractivity contribution >= 4 is 33.7 Å². The molecule has 0 fully saturated rings. The number of nitrogens with zero attached hydrogens (tertiary/aromatic N) is 2. The average Bonchev–Trinajstić information content (AvgIpc) is 2.60. The summed E-state index contributed by atoms with van der Waals surface area (Å²) in [4.78, 5) is 4.24. The monoisotopic (exact) mass is 382 g/mol. The molecule has 1 aromatic rings. The van der Waals surface area contributed by atoms with Gasteiger partial charge in [-0.05, 0) is 29.1 Å². The number of unbranched alkanes of at least 4 members (excludes halogenated alkanes) is 1. The fourth-order valence-electron chi connectivity index (χ4n) is 3.03. The Hall–Kier alpha value is -1.14. The van der Waals surface area contributed by atoms with Crippen LogP contribution in [0.25, 0.3) is 0 Å². The lowest BCUT2D eigenvalue weighted by Gasteiger charge is -2.37. The molecule has 1 heterocycles. The fourth-order valence-corrected chi connectivity index (χ4v) is 5.56. The van der Waals surface area contributed by atoms with Crippen molar-refractivity contribution in [3.05, 3.63) is 47.3 Å². The summed E-state index contributed by atoms with van der Waals surface area (Å²) in [6, 6.07) is 9.79. The molecule has 0 bridgehead atoms. The average molecular weight is 383 g/mol. The van der Waals surface area contributed by atoms with Gasteiger partial charge < -0.3 is 14.5 Å². The topological polar surface area (TPSA) is 56.1 Å². The zero-order chi connectivity index (χ0) is 18.2. The third-order valence-corrected chi connectivity index (χ3v) is 6.67. The minimum absolute atomic E-state index is 0.165. The minimum atomic E-state index is -0.844. The quantitative estimate of drug-likeness (QED) is 0.434. The number of aliphatic hydroxyl groups excluding tert-OH is 1. The molecule has 4 nitrogen and oxygen atoms in total. The van der Waals surface area contributed by atoms with Crippen molar-refractivity contribution in [2.24, 2.45) is 4.99 Å². The first-order valence-corrected chi connectivity index (χ1v) is 10.4. The van der Waals surface area contributed by atoms with Gasteiger partial charge in [-0.1, -0.05) is 75.0 Å². The molecule has 0 saturated heterocycles. The van der Waals surface area contributed by atoms with E-state index in [1.165, 1.54) is 0 Å². The van der Waals surface area contributed by atoms with Crippen molar-refractivity contribution in [1.82, 2.24) is 4.31 Å². The van der Waals surface area contributed by atoms with Gasteiger partial charge >= 0.3 is 0 Å². The Balaban J connectivity index is 2.42. The Morgan fingerprint density at radius 1 is 1.20 bits per heavy atom. The molecule has 2 rings (SSSR count). The third-order valence-electron chi connectivity index (χ3n) is 4.21. The van der Waals surface area contributed by atoms with Crippen LogP contribution in [0.15, 0.2) is 46.7 Å². The molecule has 2 N–H and O–H groups in total. The fraction of sp³-hybridized carbons (Fsp3) is 0.474. The van der Waals surface area contributed by atoms with E-state index >= 15 is 0 Å². The van der Waals surface area contributed by atoms with E-state index in [2.05, 4.69) is 18.8 Å². The molecular formula is C19H27ClN2O2S. The van der Waals surface area contributed by atoms with Gasteiger partial charge in [0.05, 0.1) is 6.04 Å². The van der Waals surface area contributed by atoms with Gasteiger partial charge in [-0.15, -0.1) is 0 Å². The molecule has 6 heteroatoms. The summed E-state index contributed by atoms with van der Waals surface area (Å²) in [5, 5.41) is 20.3. The van der Waals surface area contributed by atoms with Gasteiger partial charge in [0.15, 0.2) is 0 Å². The molecule has 3 unspecified atom stereocenters. The van der Waals surface area contributed by atoms with E-state index in [1.54, 1.807) is 12.4 Å². The normalized spacial score (nSPS) is 19.5. The molecule has 3 atom stereocenters. The van der Waals surface area contributed by atoms with Crippen molar-refractivity contribution in [1.29, 1.82) is 0 Å². The Morgan fingerprint density at radius 2 is 1.92 bits per heavy atom. The van der Waals surface area contributed by atoms with Gasteiger partial charge in [0.2, 0.25) is 5.24 Å². The van der Waals surface area contributed by atoms with Crippen molar-refractivity contribution in [2.45, 2.75) is 57.2 Å². The largest absolute Gasteiger partial charge is 0.335 e. The first-order valence-electron chi connectivity index (χ1n) is 8.81. The second-order valence-electron chi connectivity index (χ2n) is 6.10. The van der Waals surface area contributed by atoms with Crippen molar-refractivity contribution in [3.63, 3.8) is 0 Å². The molecule has 0 aromatic heterocycles. The lowest BCUT2D eigenvalue weighted by Crippen LogP contribution is -2.29. The van der Waals surface area contributed by atoms with E-state index < -0.39 is 15.9 Å². The third kappa shape index (κ3) is 5.42. The van der Waals surface area contributed by atoms with Gasteiger partial charge in [0.1, 0.15) is 5.16 Å². The highest BCUT2D eigenvalue weighted by molar-refractivity contribution is 8.14. The second kappa shape index (κ2) is 10.1. The Kier molecular flexibility index (Phi) is 8.16. The van der Waals surface area contributed by atoms with Crippen LogP contribution < -0.4 is 0 Å². The minimum Gasteiger partial charge on any atom is -0.335 e. The molecule has 1 aliphatic rings. The first-order chi connectivity index (χ1) is 12.1. The summed E-state index contributed by atoms with van der Waals surface area (Å²) >= 11 is 6.15. The van der Waals surface area contributed by atoms with E-state index in [1.807, 2.05) is 34.6 Å². The highest BCUT2D eigenvalue weighted by Crippen LogP contribution is 2.41. The van der Waals surface area contributed by atoms with E-state index in [0.717, 1.165) is 37.7 Å². The van der Waals surface area contributed by atoms with Gasteiger partial charge in [0, 0.05) is 17.7 Å². The molecule has 0 spiro atoms. The van der Waals surface area contributed by atoms with Crippen LogP contribution >= 0.6 is 22.3 Å². The molecule has 1 aliphatic heterocycles. The number of aliphatic imine (C=N–C) groups is 1. The smallest absolute Gasteiger partial charge is 0.224 e. The maximum absolute atomic E-state index is 10.1. The number of halogens is 1. The van der Waals surface area contributed by atoms with Crippen LogP contribution in [0.5, 0.6) is 0 Å². The molecule has 138 valence electrons. The van der Waals surface area contributed by atoms with E-state index in [4.69, 9.17) is 11.6 Å². The van der Waals surface area contributed by atoms with E-state index in [-0.39, 0.29) is 11.3 Å². The van der Waals surface area contributed by atoms with Crippen molar-refractivity contribution in [2.75, 3.05) is 0 Å². The van der Waals surface area contributed by atoms with Crippen molar-refractivity contribution in [3.8, 4) is 0 Å². The molecule has 25 heavy (non-hydrogen) atoms. The first kappa shape index (κ1) is 20.2. The summed E-state index contributed by atoms with van der Waals surface area (Å²) in [7, 11) is -0.844. The Labute approximate surface area is 157 Å². The summed E-state index contributed by atoms with van der Waals surface area (Å²) in [6.45, 7) is 4.28. The van der Waals surface area contributed by atoms with Gasteiger partial charge in [-0.3, -0.25) is 0 Å². The maximum atomic E-state index is 10.1. The molecule has 0 amide bonds. The maximum Gasteiger partial charge on any atom is 0.224 e. The highest BCUT2D eigenvalue weighted by atomic mass is 35.5. The molecular weight excluding hydrogens is 356 g/mol. The summed E-state index contributed by atoms with van der Waals surface area (Å²) in [6.07, 6.45) is 8.57. The predicted octanol–water partition coefficient (Wildman–Crippen LogP) is 5.90. The van der Waals surface area contributed by atoms with Crippen LogP contribution in [0.4, 0.5) is 0 Å². The number of aliphatic hydroxyl groups is 2. The van der Waals surface area contributed by atoms with Crippen LogP contribution in [0, 0.1) is 0 Å². The number of hydrogen-bond acceptors (Lipinski definition) is 2. The van der Waals surface area contributed by atoms with Gasteiger partial charge in [-0.2, -0.15) is 0 Å². The zero-order valence-corrected chi connectivity index (χ0v) is 16.4. The Morgan fingerprint density at radius 3 is 2.52 bits per heavy atom. The number of hydrogen-bond donors (Lipinski definition) is 2. The number of rotatable bonds is 8. The second-order valence-corrected chi connectivity index (χ2v) is 8.57. The summed E-state index contributed by atoms with van der Waals surface area (Å²) < 4.78 is 1.97. The van der Waals surface area contributed by atoms with E-state index in [0.29, 0.717) is 5.16 Å². The van der Waals surface area contributed by atoms with E-state index in [9.17, 15) is 10.2 Å². The standard InChI is InChI=1S/C19H27ClN2O2S/c1-3-5-12-16(9-4-2)25(19(23)24)22-14-18(20)21-13-17(22)15-10-7-6-8-11-15/h6-8,10-11,13-14,16-17,23-24H,3-5,9,12H2,1-2H3. The summed E-state index contributed by atoms with van der Waals surface area (Å²) in [5.74, 6) is 0. The SMILES string of the molecule is CCCCC(CCC)S(=C(O)O)N1C=C(Cl)N=CC1c1ccccc1. The molecule has 0 radical (unpaired) electrons. The van der Waals surface area contributed by atoms with Crippen LogP contribution in [0.3, 0.4) is 0 Å². The molecule has 0 saturated carbocycles.